The molecule has 26 heavy (non-hydrogen) atoms. The van der Waals surface area contributed by atoms with Crippen LogP contribution in [0.15, 0.2) is 40.6 Å². The smallest absolute Gasteiger partial charge is 0.251 e. The molecule has 0 aliphatic heterocycles. The second kappa shape index (κ2) is 7.11. The Morgan fingerprint density at radius 3 is 2.62 bits per heavy atom. The average molecular weight is 395 g/mol. The molecule has 1 amide bonds. The number of benzene rings is 1. The summed E-state index contributed by atoms with van der Waals surface area (Å²) >= 11 is 1.63. The first-order valence-electron chi connectivity index (χ1n) is 8.34. The number of amides is 1. The topological polar surface area (TPSA) is 86.7 Å². The van der Waals surface area contributed by atoms with Crippen molar-refractivity contribution in [1.82, 2.24) is 9.62 Å². The van der Waals surface area contributed by atoms with Crippen LogP contribution in [0.25, 0.3) is 0 Å². The summed E-state index contributed by atoms with van der Waals surface area (Å²) in [5, 5.41) is 15.7. The molecule has 3 rings (SSSR count). The molecule has 0 radical (unpaired) electrons. The van der Waals surface area contributed by atoms with E-state index in [9.17, 15) is 18.3 Å². The first-order chi connectivity index (χ1) is 12.2. The van der Waals surface area contributed by atoms with E-state index in [4.69, 9.17) is 0 Å². The summed E-state index contributed by atoms with van der Waals surface area (Å²) < 4.78 is 25.3. The van der Waals surface area contributed by atoms with Crippen LogP contribution in [-0.2, 0) is 22.0 Å². The molecule has 1 aliphatic carbocycles. The summed E-state index contributed by atoms with van der Waals surface area (Å²) in [4.78, 5) is 13.7. The number of rotatable bonds is 5. The minimum absolute atomic E-state index is 0.132. The fourth-order valence-corrected chi connectivity index (χ4v) is 5.04. The molecule has 1 unspecified atom stereocenters. The van der Waals surface area contributed by atoms with Crippen molar-refractivity contribution in [2.75, 3.05) is 20.6 Å². The van der Waals surface area contributed by atoms with Crippen molar-refractivity contribution in [3.05, 3.63) is 51.7 Å². The van der Waals surface area contributed by atoms with E-state index < -0.39 is 15.6 Å². The van der Waals surface area contributed by atoms with E-state index in [1.54, 1.807) is 11.3 Å². The number of hydrogen-bond donors (Lipinski definition) is 2. The summed E-state index contributed by atoms with van der Waals surface area (Å²) in [6, 6.07) is 7.71. The van der Waals surface area contributed by atoms with Crippen LogP contribution in [0.5, 0.6) is 0 Å². The van der Waals surface area contributed by atoms with Gasteiger partial charge in [0.05, 0.1) is 11.4 Å². The van der Waals surface area contributed by atoms with E-state index in [-0.39, 0.29) is 17.3 Å². The van der Waals surface area contributed by atoms with E-state index in [0.717, 1.165) is 22.7 Å². The van der Waals surface area contributed by atoms with Crippen molar-refractivity contribution in [2.24, 2.45) is 0 Å². The molecule has 1 aliphatic rings. The van der Waals surface area contributed by atoms with Gasteiger partial charge in [-0.05, 0) is 60.5 Å². The molecule has 0 spiro atoms. The molecular weight excluding hydrogens is 372 g/mol. The van der Waals surface area contributed by atoms with Gasteiger partial charge < -0.3 is 10.4 Å². The van der Waals surface area contributed by atoms with Gasteiger partial charge in [0.25, 0.3) is 5.91 Å². The quantitative estimate of drug-likeness (QED) is 0.812. The molecule has 2 aromatic rings. The Morgan fingerprint density at radius 2 is 1.96 bits per heavy atom. The number of sulfonamides is 1. The normalized spacial score (nSPS) is 20.0. The van der Waals surface area contributed by atoms with Crippen LogP contribution in [0.2, 0.25) is 0 Å². The minimum Gasteiger partial charge on any atom is -0.383 e. The van der Waals surface area contributed by atoms with Crippen LogP contribution >= 0.6 is 11.3 Å². The third-order valence-electron chi connectivity index (χ3n) is 4.68. The van der Waals surface area contributed by atoms with Crippen molar-refractivity contribution < 1.29 is 18.3 Å². The second-order valence-electron chi connectivity index (χ2n) is 6.64. The van der Waals surface area contributed by atoms with E-state index >= 15 is 0 Å². The number of carbonyl (C=O) groups excluding carboxylic acids is 1. The summed E-state index contributed by atoms with van der Waals surface area (Å²) in [5.74, 6) is -0.338. The summed E-state index contributed by atoms with van der Waals surface area (Å²) in [5.41, 5.74) is 0.214. The monoisotopic (exact) mass is 394 g/mol. The lowest BCUT2D eigenvalue weighted by molar-refractivity contribution is 0.0197. The number of carbonyl (C=O) groups is 1. The van der Waals surface area contributed by atoms with Gasteiger partial charge in [-0.25, -0.2) is 12.7 Å². The Morgan fingerprint density at radius 1 is 1.27 bits per heavy atom. The number of hydrogen-bond acceptors (Lipinski definition) is 5. The molecule has 2 N–H and O–H groups in total. The molecular formula is C18H22N2O4S2. The van der Waals surface area contributed by atoms with Gasteiger partial charge >= 0.3 is 0 Å². The highest BCUT2D eigenvalue weighted by molar-refractivity contribution is 7.89. The molecule has 1 aromatic heterocycles. The van der Waals surface area contributed by atoms with Gasteiger partial charge in [0.15, 0.2) is 0 Å². The van der Waals surface area contributed by atoms with Crippen LogP contribution in [0.1, 0.15) is 33.6 Å². The van der Waals surface area contributed by atoms with Crippen molar-refractivity contribution in [3.63, 3.8) is 0 Å². The predicted molar refractivity (Wildman–Crippen MR) is 101 cm³/mol. The zero-order valence-corrected chi connectivity index (χ0v) is 16.4. The Labute approximate surface area is 157 Å². The number of aryl methyl sites for hydroxylation is 1. The molecule has 1 aromatic carbocycles. The standard InChI is InChI=1S/C18H22N2O4S2/c1-20(2)26(23,24)14-7-5-13(6-8-14)17(21)19-12-18(22)10-3-4-16-15(18)9-11-25-16/h5-9,11,22H,3-4,10,12H2,1-2H3,(H,19,21). The number of aliphatic hydroxyl groups is 1. The van der Waals surface area contributed by atoms with Gasteiger partial charge in [-0.15, -0.1) is 11.3 Å². The molecule has 6 nitrogen and oxygen atoms in total. The number of fused-ring (bicyclic) bond motifs is 1. The van der Waals surface area contributed by atoms with Crippen LogP contribution < -0.4 is 5.32 Å². The highest BCUT2D eigenvalue weighted by atomic mass is 32.2. The SMILES string of the molecule is CN(C)S(=O)(=O)c1ccc(C(=O)NCC2(O)CCCc3sccc32)cc1. The fraction of sp³-hybridized carbons (Fsp3) is 0.389. The third kappa shape index (κ3) is 3.55. The van der Waals surface area contributed by atoms with Crippen LogP contribution in [0, 0.1) is 0 Å². The Bertz CT molecular complexity index is 904. The molecule has 0 fully saturated rings. The van der Waals surface area contributed by atoms with Crippen molar-refractivity contribution in [1.29, 1.82) is 0 Å². The van der Waals surface area contributed by atoms with E-state index in [1.165, 1.54) is 43.2 Å². The Kier molecular flexibility index (Phi) is 5.21. The van der Waals surface area contributed by atoms with Gasteiger partial charge in [0.1, 0.15) is 5.60 Å². The van der Waals surface area contributed by atoms with Gasteiger partial charge in [0, 0.05) is 24.5 Å². The molecule has 140 valence electrons. The summed E-state index contributed by atoms with van der Waals surface area (Å²) in [7, 11) is -0.607. The number of nitrogens with zero attached hydrogens (tertiary/aromatic N) is 1. The molecule has 1 atom stereocenters. The van der Waals surface area contributed by atoms with E-state index in [1.807, 2.05) is 11.4 Å². The lowest BCUT2D eigenvalue weighted by Gasteiger charge is -2.32. The predicted octanol–water partition coefficient (Wildman–Crippen LogP) is 1.95. The van der Waals surface area contributed by atoms with Crippen molar-refractivity contribution >= 4 is 27.3 Å². The number of thiophene rings is 1. The van der Waals surface area contributed by atoms with E-state index in [0.29, 0.717) is 12.0 Å². The maximum absolute atomic E-state index is 12.4. The summed E-state index contributed by atoms with van der Waals surface area (Å²) in [6.07, 6.45) is 2.46. The van der Waals surface area contributed by atoms with Crippen molar-refractivity contribution in [2.45, 2.75) is 29.8 Å². The first-order valence-corrected chi connectivity index (χ1v) is 10.7. The molecule has 0 saturated heterocycles. The van der Waals surface area contributed by atoms with E-state index in [2.05, 4.69) is 5.32 Å². The largest absolute Gasteiger partial charge is 0.383 e. The Balaban J connectivity index is 1.70. The van der Waals surface area contributed by atoms with Crippen LogP contribution in [-0.4, -0.2) is 44.4 Å². The Hall–Kier alpha value is -1.74. The zero-order valence-electron chi connectivity index (χ0n) is 14.7. The third-order valence-corrected chi connectivity index (χ3v) is 7.49. The molecule has 1 heterocycles. The molecule has 0 saturated carbocycles. The zero-order chi connectivity index (χ0) is 18.9. The lowest BCUT2D eigenvalue weighted by Crippen LogP contribution is -2.42. The maximum atomic E-state index is 12.4. The lowest BCUT2D eigenvalue weighted by atomic mass is 9.83. The van der Waals surface area contributed by atoms with Gasteiger partial charge in [-0.1, -0.05) is 0 Å². The second-order valence-corrected chi connectivity index (χ2v) is 9.79. The van der Waals surface area contributed by atoms with Crippen molar-refractivity contribution in [3.8, 4) is 0 Å². The fourth-order valence-electron chi connectivity index (χ4n) is 3.13. The number of nitrogens with one attached hydrogen (secondary N) is 1. The highest BCUT2D eigenvalue weighted by Crippen LogP contribution is 2.37. The van der Waals surface area contributed by atoms with Crippen LogP contribution in [0.3, 0.4) is 0 Å². The molecule has 8 heteroatoms. The average Bonchev–Trinajstić information content (AvgIpc) is 3.10. The molecule has 0 bridgehead atoms. The summed E-state index contributed by atoms with van der Waals surface area (Å²) in [6.45, 7) is 0.132. The van der Waals surface area contributed by atoms with Crippen LogP contribution in [0.4, 0.5) is 0 Å². The minimum atomic E-state index is -3.52. The highest BCUT2D eigenvalue weighted by Gasteiger charge is 2.35. The maximum Gasteiger partial charge on any atom is 0.251 e. The first kappa shape index (κ1) is 19.0. The van der Waals surface area contributed by atoms with Gasteiger partial charge in [-0.2, -0.15) is 0 Å². The van der Waals surface area contributed by atoms with Gasteiger partial charge in [0.2, 0.25) is 10.0 Å². The van der Waals surface area contributed by atoms with Gasteiger partial charge in [-0.3, -0.25) is 4.79 Å².